The fraction of sp³-hybridized carbons (Fsp3) is 0.571. The summed E-state index contributed by atoms with van der Waals surface area (Å²) in [5.41, 5.74) is 1.16. The molecule has 1 N–H and O–H groups in total. The summed E-state index contributed by atoms with van der Waals surface area (Å²) in [5.74, 6) is 0.318. The lowest BCUT2D eigenvalue weighted by Gasteiger charge is -2.31. The minimum Gasteiger partial charge on any atom is -0.381 e. The lowest BCUT2D eigenvalue weighted by molar-refractivity contribution is 0.0393. The molecule has 2 unspecified atom stereocenters. The largest absolute Gasteiger partial charge is 0.381 e. The highest BCUT2D eigenvalue weighted by molar-refractivity contribution is 5.20. The molecule has 0 aliphatic carbocycles. The van der Waals surface area contributed by atoms with Gasteiger partial charge in [-0.3, -0.25) is 0 Å². The summed E-state index contributed by atoms with van der Waals surface area (Å²) in [4.78, 5) is 0. The average Bonchev–Trinajstić information content (AvgIpc) is 2.38. The van der Waals surface area contributed by atoms with E-state index in [1.165, 1.54) is 18.6 Å². The molecule has 0 radical (unpaired) electrons. The third-order valence-corrected chi connectivity index (χ3v) is 3.32. The van der Waals surface area contributed by atoms with Gasteiger partial charge in [0.15, 0.2) is 0 Å². The summed E-state index contributed by atoms with van der Waals surface area (Å²) in [7, 11) is 0. The molecule has 94 valence electrons. The zero-order valence-corrected chi connectivity index (χ0v) is 10.3. The van der Waals surface area contributed by atoms with E-state index >= 15 is 0 Å². The third kappa shape index (κ3) is 3.27. The van der Waals surface area contributed by atoms with Crippen LogP contribution >= 0.6 is 0 Å². The summed E-state index contributed by atoms with van der Waals surface area (Å²) >= 11 is 0. The fourth-order valence-corrected chi connectivity index (χ4v) is 2.48. The van der Waals surface area contributed by atoms with E-state index in [2.05, 4.69) is 12.2 Å². The molecule has 1 heterocycles. The van der Waals surface area contributed by atoms with E-state index < -0.39 is 0 Å². The first-order chi connectivity index (χ1) is 8.31. The van der Waals surface area contributed by atoms with Gasteiger partial charge in [-0.1, -0.05) is 19.1 Å². The van der Waals surface area contributed by atoms with Crippen molar-refractivity contribution in [2.24, 2.45) is 5.92 Å². The van der Waals surface area contributed by atoms with Gasteiger partial charge in [0.05, 0.1) is 6.61 Å². The number of benzene rings is 1. The quantitative estimate of drug-likeness (QED) is 0.869. The molecule has 3 heteroatoms. The molecule has 0 amide bonds. The first kappa shape index (κ1) is 12.5. The Labute approximate surface area is 102 Å². The molecular weight excluding hydrogens is 217 g/mol. The third-order valence-electron chi connectivity index (χ3n) is 3.32. The van der Waals surface area contributed by atoms with Crippen LogP contribution in [0.3, 0.4) is 0 Å². The molecule has 1 aliphatic rings. The smallest absolute Gasteiger partial charge is 0.123 e. The van der Waals surface area contributed by atoms with Crippen LogP contribution in [-0.4, -0.2) is 19.8 Å². The number of hydrogen-bond donors (Lipinski definition) is 1. The zero-order chi connectivity index (χ0) is 12.1. The molecule has 1 aromatic carbocycles. The molecule has 0 aromatic heterocycles. The number of nitrogens with one attached hydrogen (secondary N) is 1. The Morgan fingerprint density at radius 3 is 2.76 bits per heavy atom. The Morgan fingerprint density at radius 1 is 1.41 bits per heavy atom. The second-order valence-electron chi connectivity index (χ2n) is 4.56. The van der Waals surface area contributed by atoms with Crippen molar-refractivity contribution in [1.29, 1.82) is 0 Å². The maximum Gasteiger partial charge on any atom is 0.123 e. The van der Waals surface area contributed by atoms with Gasteiger partial charge in [-0.05, 0) is 37.1 Å². The Kier molecular flexibility index (Phi) is 4.51. The highest BCUT2D eigenvalue weighted by Gasteiger charge is 2.24. The summed E-state index contributed by atoms with van der Waals surface area (Å²) in [6, 6.07) is 7.09. The van der Waals surface area contributed by atoms with Gasteiger partial charge in [0.1, 0.15) is 5.82 Å². The normalized spacial score (nSPS) is 22.4. The molecule has 2 nitrogen and oxygen atoms in total. The van der Waals surface area contributed by atoms with Crippen molar-refractivity contribution < 1.29 is 9.13 Å². The van der Waals surface area contributed by atoms with Gasteiger partial charge in [-0.2, -0.15) is 0 Å². The molecule has 0 bridgehead atoms. The van der Waals surface area contributed by atoms with E-state index in [4.69, 9.17) is 4.74 Å². The summed E-state index contributed by atoms with van der Waals surface area (Å²) in [6.07, 6.45) is 2.29. The van der Waals surface area contributed by atoms with Gasteiger partial charge in [-0.25, -0.2) is 4.39 Å². The Balaban J connectivity index is 2.12. The first-order valence-corrected chi connectivity index (χ1v) is 6.38. The number of ether oxygens (including phenoxy) is 1. The van der Waals surface area contributed by atoms with Crippen molar-refractivity contribution in [3.63, 3.8) is 0 Å². The minimum atomic E-state index is -0.177. The lowest BCUT2D eigenvalue weighted by atomic mass is 9.88. The van der Waals surface area contributed by atoms with Gasteiger partial charge in [0.2, 0.25) is 0 Å². The molecule has 0 saturated carbocycles. The van der Waals surface area contributed by atoms with Crippen LogP contribution < -0.4 is 5.32 Å². The highest BCUT2D eigenvalue weighted by atomic mass is 19.1. The monoisotopic (exact) mass is 237 g/mol. The van der Waals surface area contributed by atoms with E-state index in [-0.39, 0.29) is 11.9 Å². The molecule has 0 spiro atoms. The molecule has 2 rings (SSSR count). The number of rotatable bonds is 4. The van der Waals surface area contributed by atoms with Crippen molar-refractivity contribution in [2.45, 2.75) is 25.8 Å². The fourth-order valence-electron chi connectivity index (χ4n) is 2.48. The van der Waals surface area contributed by atoms with Crippen molar-refractivity contribution in [2.75, 3.05) is 19.8 Å². The van der Waals surface area contributed by atoms with Gasteiger partial charge >= 0.3 is 0 Å². The van der Waals surface area contributed by atoms with Gasteiger partial charge < -0.3 is 10.1 Å². The molecular formula is C14H20FNO. The van der Waals surface area contributed by atoms with Crippen LogP contribution in [0.4, 0.5) is 4.39 Å². The van der Waals surface area contributed by atoms with E-state index in [1.807, 2.05) is 12.1 Å². The van der Waals surface area contributed by atoms with Crippen molar-refractivity contribution in [3.05, 3.63) is 35.6 Å². The predicted octanol–water partition coefficient (Wildman–Crippen LogP) is 2.90. The van der Waals surface area contributed by atoms with Crippen LogP contribution in [0.15, 0.2) is 24.3 Å². The molecule has 17 heavy (non-hydrogen) atoms. The van der Waals surface area contributed by atoms with Crippen LogP contribution in [0.25, 0.3) is 0 Å². The first-order valence-electron chi connectivity index (χ1n) is 6.38. The maximum atomic E-state index is 12.9. The van der Waals surface area contributed by atoms with Gasteiger partial charge in [0.25, 0.3) is 0 Å². The Bertz CT molecular complexity index is 333. The van der Waals surface area contributed by atoms with Crippen LogP contribution in [-0.2, 0) is 4.74 Å². The molecule has 1 saturated heterocycles. The molecule has 1 aromatic rings. The van der Waals surface area contributed by atoms with Crippen LogP contribution in [0.1, 0.15) is 31.4 Å². The van der Waals surface area contributed by atoms with E-state index in [1.54, 1.807) is 0 Å². The highest BCUT2D eigenvalue weighted by Crippen LogP contribution is 2.28. The van der Waals surface area contributed by atoms with Crippen molar-refractivity contribution >= 4 is 0 Å². The van der Waals surface area contributed by atoms with E-state index in [9.17, 15) is 4.39 Å². The summed E-state index contributed by atoms with van der Waals surface area (Å²) in [5, 5.41) is 3.49. The minimum absolute atomic E-state index is 0.177. The van der Waals surface area contributed by atoms with E-state index in [0.717, 1.165) is 31.7 Å². The number of halogens is 1. The van der Waals surface area contributed by atoms with Crippen molar-refractivity contribution in [1.82, 2.24) is 5.32 Å². The molecule has 1 aliphatic heterocycles. The zero-order valence-electron chi connectivity index (χ0n) is 10.3. The van der Waals surface area contributed by atoms with Crippen LogP contribution in [0.5, 0.6) is 0 Å². The van der Waals surface area contributed by atoms with Gasteiger partial charge in [0, 0.05) is 18.6 Å². The maximum absolute atomic E-state index is 12.9. The average molecular weight is 237 g/mol. The summed E-state index contributed by atoms with van der Waals surface area (Å²) in [6.45, 7) is 4.69. The predicted molar refractivity (Wildman–Crippen MR) is 66.4 cm³/mol. The second kappa shape index (κ2) is 6.12. The Morgan fingerprint density at radius 2 is 2.18 bits per heavy atom. The van der Waals surface area contributed by atoms with Crippen LogP contribution in [0, 0.1) is 11.7 Å². The topological polar surface area (TPSA) is 21.3 Å². The van der Waals surface area contributed by atoms with Crippen LogP contribution in [0.2, 0.25) is 0 Å². The molecule has 2 atom stereocenters. The van der Waals surface area contributed by atoms with E-state index in [0.29, 0.717) is 5.92 Å². The molecule has 1 fully saturated rings. The van der Waals surface area contributed by atoms with Crippen molar-refractivity contribution in [3.8, 4) is 0 Å². The standard InChI is InChI=1S/C14H20FNO/c1-2-16-14(12-4-3-9-17-10-12)11-5-7-13(15)8-6-11/h5-8,12,14,16H,2-4,9-10H2,1H3. The summed E-state index contributed by atoms with van der Waals surface area (Å²) < 4.78 is 18.5. The Hall–Kier alpha value is -0.930. The van der Waals surface area contributed by atoms with Gasteiger partial charge in [-0.15, -0.1) is 0 Å². The lowest BCUT2D eigenvalue weighted by Crippen LogP contribution is -2.33. The SMILES string of the molecule is CCNC(c1ccc(F)cc1)C1CCCOC1. The second-order valence-corrected chi connectivity index (χ2v) is 4.56. The number of hydrogen-bond acceptors (Lipinski definition) is 2.